The van der Waals surface area contributed by atoms with E-state index in [0.717, 1.165) is 11.6 Å². The van der Waals surface area contributed by atoms with Crippen LogP contribution < -0.4 is 5.73 Å². The molecule has 0 spiro atoms. The molecule has 3 N–H and O–H groups in total. The molecule has 3 aromatic rings. The van der Waals surface area contributed by atoms with E-state index in [2.05, 4.69) is 15.2 Å². The van der Waals surface area contributed by atoms with Crippen molar-refractivity contribution in [3.8, 4) is 0 Å². The SMILES string of the molecule is CS(=O)(=O)c1n[nH]c2c(N)nc3ccccc3c12. The third-order valence-corrected chi connectivity index (χ3v) is 3.75. The van der Waals surface area contributed by atoms with E-state index >= 15 is 0 Å². The Kier molecular flexibility index (Phi) is 2.09. The Balaban J connectivity index is 2.64. The Hall–Kier alpha value is -2.15. The molecule has 2 heterocycles. The van der Waals surface area contributed by atoms with E-state index < -0.39 is 9.84 Å². The molecule has 0 unspecified atom stereocenters. The molecule has 2 aromatic heterocycles. The maximum absolute atomic E-state index is 11.7. The summed E-state index contributed by atoms with van der Waals surface area (Å²) in [6, 6.07) is 7.22. The first-order chi connectivity index (χ1) is 8.48. The van der Waals surface area contributed by atoms with Crippen molar-refractivity contribution in [2.75, 3.05) is 12.0 Å². The molecule has 0 radical (unpaired) electrons. The average molecular weight is 262 g/mol. The highest BCUT2D eigenvalue weighted by Gasteiger charge is 2.20. The summed E-state index contributed by atoms with van der Waals surface area (Å²) in [5, 5.41) is 7.70. The molecular formula is C11H10N4O2S. The lowest BCUT2D eigenvalue weighted by Gasteiger charge is -2.02. The second-order valence-electron chi connectivity index (χ2n) is 4.07. The van der Waals surface area contributed by atoms with Crippen LogP contribution in [-0.2, 0) is 9.84 Å². The van der Waals surface area contributed by atoms with Crippen molar-refractivity contribution >= 4 is 37.5 Å². The lowest BCUT2D eigenvalue weighted by Crippen LogP contribution is -1.99. The number of hydrogen-bond donors (Lipinski definition) is 2. The fourth-order valence-electron chi connectivity index (χ4n) is 2.00. The number of nitrogens with zero attached hydrogens (tertiary/aromatic N) is 2. The zero-order chi connectivity index (χ0) is 12.9. The Morgan fingerprint density at radius 1 is 1.28 bits per heavy atom. The predicted molar refractivity (Wildman–Crippen MR) is 68.9 cm³/mol. The lowest BCUT2D eigenvalue weighted by molar-refractivity contribution is 0.599. The average Bonchev–Trinajstić information content (AvgIpc) is 2.74. The maximum Gasteiger partial charge on any atom is 0.195 e. The van der Waals surface area contributed by atoms with Gasteiger partial charge in [-0.15, -0.1) is 0 Å². The number of rotatable bonds is 1. The number of anilines is 1. The molecule has 6 nitrogen and oxygen atoms in total. The van der Waals surface area contributed by atoms with Crippen molar-refractivity contribution in [3.63, 3.8) is 0 Å². The number of H-pyrrole nitrogens is 1. The van der Waals surface area contributed by atoms with Gasteiger partial charge in [0.25, 0.3) is 0 Å². The van der Waals surface area contributed by atoms with Crippen LogP contribution in [0, 0.1) is 0 Å². The first-order valence-corrected chi connectivity index (χ1v) is 7.10. The van der Waals surface area contributed by atoms with Crippen LogP contribution in [0.15, 0.2) is 29.3 Å². The van der Waals surface area contributed by atoms with Gasteiger partial charge >= 0.3 is 0 Å². The summed E-state index contributed by atoms with van der Waals surface area (Å²) in [5.41, 5.74) is 6.90. The molecule has 0 aliphatic heterocycles. The van der Waals surface area contributed by atoms with Gasteiger partial charge in [0.1, 0.15) is 11.3 Å². The molecule has 0 fully saturated rings. The Morgan fingerprint density at radius 2 is 2.00 bits per heavy atom. The van der Waals surface area contributed by atoms with E-state index in [4.69, 9.17) is 5.73 Å². The first-order valence-electron chi connectivity index (χ1n) is 5.21. The number of pyridine rings is 1. The summed E-state index contributed by atoms with van der Waals surface area (Å²) >= 11 is 0. The summed E-state index contributed by atoms with van der Waals surface area (Å²) in [7, 11) is -3.42. The molecule has 0 amide bonds. The van der Waals surface area contributed by atoms with E-state index in [-0.39, 0.29) is 10.8 Å². The quantitative estimate of drug-likeness (QED) is 0.683. The fourth-order valence-corrected chi connectivity index (χ4v) is 2.79. The minimum absolute atomic E-state index is 0.00259. The summed E-state index contributed by atoms with van der Waals surface area (Å²) in [5.74, 6) is 0.242. The third-order valence-electron chi connectivity index (χ3n) is 2.75. The zero-order valence-electron chi connectivity index (χ0n) is 9.51. The molecule has 0 saturated carbocycles. The summed E-state index contributed by atoms with van der Waals surface area (Å²) < 4.78 is 23.4. The number of nitrogens with two attached hydrogens (primary N) is 1. The van der Waals surface area contributed by atoms with Crippen molar-refractivity contribution in [1.29, 1.82) is 0 Å². The number of sulfone groups is 1. The monoisotopic (exact) mass is 262 g/mol. The maximum atomic E-state index is 11.7. The summed E-state index contributed by atoms with van der Waals surface area (Å²) in [4.78, 5) is 4.21. The minimum atomic E-state index is -3.42. The molecule has 7 heteroatoms. The molecule has 0 saturated heterocycles. The van der Waals surface area contributed by atoms with Crippen LogP contribution in [0.1, 0.15) is 0 Å². The van der Waals surface area contributed by atoms with Gasteiger partial charge in [-0.3, -0.25) is 5.10 Å². The van der Waals surface area contributed by atoms with E-state index in [9.17, 15) is 8.42 Å². The van der Waals surface area contributed by atoms with Crippen LogP contribution in [0.2, 0.25) is 0 Å². The molecule has 3 rings (SSSR count). The van der Waals surface area contributed by atoms with E-state index in [1.54, 1.807) is 12.1 Å². The number of aromatic nitrogens is 3. The number of nitrogen functional groups attached to an aromatic ring is 1. The van der Waals surface area contributed by atoms with Crippen LogP contribution >= 0.6 is 0 Å². The van der Waals surface area contributed by atoms with Gasteiger partial charge in [-0.25, -0.2) is 13.4 Å². The highest BCUT2D eigenvalue weighted by atomic mass is 32.2. The van der Waals surface area contributed by atoms with Gasteiger partial charge < -0.3 is 5.73 Å². The first kappa shape index (κ1) is 11.0. The van der Waals surface area contributed by atoms with Crippen molar-refractivity contribution in [2.45, 2.75) is 5.03 Å². The molecule has 18 heavy (non-hydrogen) atoms. The van der Waals surface area contributed by atoms with Crippen molar-refractivity contribution in [2.24, 2.45) is 0 Å². The third kappa shape index (κ3) is 1.44. The number of hydrogen-bond acceptors (Lipinski definition) is 5. The van der Waals surface area contributed by atoms with Crippen LogP contribution in [0.3, 0.4) is 0 Å². The second kappa shape index (κ2) is 3.42. The smallest absolute Gasteiger partial charge is 0.195 e. The Labute approximate surface area is 103 Å². The largest absolute Gasteiger partial charge is 0.382 e. The number of nitrogens with one attached hydrogen (secondary N) is 1. The van der Waals surface area contributed by atoms with Crippen molar-refractivity contribution in [3.05, 3.63) is 24.3 Å². The van der Waals surface area contributed by atoms with Gasteiger partial charge in [0.2, 0.25) is 0 Å². The number of fused-ring (bicyclic) bond motifs is 3. The topological polar surface area (TPSA) is 102 Å². The highest BCUT2D eigenvalue weighted by molar-refractivity contribution is 7.90. The van der Waals surface area contributed by atoms with Gasteiger partial charge in [0, 0.05) is 11.6 Å². The van der Waals surface area contributed by atoms with Crippen LogP contribution in [-0.4, -0.2) is 29.9 Å². The number of aromatic amines is 1. The number of para-hydroxylation sites is 1. The molecule has 0 aliphatic carbocycles. The lowest BCUT2D eigenvalue weighted by atomic mass is 10.1. The van der Waals surface area contributed by atoms with Crippen LogP contribution in [0.5, 0.6) is 0 Å². The van der Waals surface area contributed by atoms with E-state index in [1.807, 2.05) is 12.1 Å². The molecule has 0 atom stereocenters. The van der Waals surface area contributed by atoms with Gasteiger partial charge in [-0.1, -0.05) is 18.2 Å². The van der Waals surface area contributed by atoms with E-state index in [1.165, 1.54) is 0 Å². The van der Waals surface area contributed by atoms with Crippen LogP contribution in [0.4, 0.5) is 5.82 Å². The molecular weight excluding hydrogens is 252 g/mol. The van der Waals surface area contributed by atoms with Gasteiger partial charge in [0.15, 0.2) is 14.9 Å². The zero-order valence-corrected chi connectivity index (χ0v) is 10.3. The van der Waals surface area contributed by atoms with E-state index in [0.29, 0.717) is 16.4 Å². The summed E-state index contributed by atoms with van der Waals surface area (Å²) in [6.45, 7) is 0. The van der Waals surface area contributed by atoms with Gasteiger partial charge in [-0.2, -0.15) is 5.10 Å². The van der Waals surface area contributed by atoms with Crippen LogP contribution in [0.25, 0.3) is 21.8 Å². The molecule has 92 valence electrons. The molecule has 1 aromatic carbocycles. The number of benzene rings is 1. The standard InChI is InChI=1S/C11H10N4O2S/c1-18(16,17)11-8-6-4-2-3-5-7(6)13-10(12)9(8)14-15-11/h2-5H,1H3,(H2,12,13)(H,14,15). The van der Waals surface area contributed by atoms with Gasteiger partial charge in [-0.05, 0) is 6.07 Å². The fraction of sp³-hybridized carbons (Fsp3) is 0.0909. The predicted octanol–water partition coefficient (Wildman–Crippen LogP) is 1.10. The van der Waals surface area contributed by atoms with Gasteiger partial charge in [0.05, 0.1) is 10.9 Å². The molecule has 0 aliphatic rings. The minimum Gasteiger partial charge on any atom is -0.382 e. The van der Waals surface area contributed by atoms with Crippen molar-refractivity contribution in [1.82, 2.24) is 15.2 Å². The normalized spacial score (nSPS) is 12.3. The Morgan fingerprint density at radius 3 is 2.72 bits per heavy atom. The Bertz CT molecular complexity index is 867. The summed E-state index contributed by atoms with van der Waals surface area (Å²) in [6.07, 6.45) is 1.12. The highest BCUT2D eigenvalue weighted by Crippen LogP contribution is 2.30. The second-order valence-corrected chi connectivity index (χ2v) is 6.00. The van der Waals surface area contributed by atoms with Crippen molar-refractivity contribution < 1.29 is 8.42 Å². The molecule has 0 bridgehead atoms.